The van der Waals surface area contributed by atoms with Crippen LogP contribution in [0, 0.1) is 0 Å². The average molecular weight is 262 g/mol. The van der Waals surface area contributed by atoms with Crippen LogP contribution in [0.5, 0.6) is 0 Å². The summed E-state index contributed by atoms with van der Waals surface area (Å²) in [5.74, 6) is 0. The fourth-order valence-corrected chi connectivity index (χ4v) is 2.45. The van der Waals surface area contributed by atoms with Gasteiger partial charge in [-0.3, -0.25) is 0 Å². The number of para-hydroxylation sites is 1. The van der Waals surface area contributed by atoms with E-state index in [1.54, 1.807) is 0 Å². The summed E-state index contributed by atoms with van der Waals surface area (Å²) in [6, 6.07) is 8.35. The number of nitrogens with one attached hydrogen (secondary N) is 1. The molecule has 0 bridgehead atoms. The van der Waals surface area contributed by atoms with E-state index in [9.17, 15) is 0 Å². The lowest BCUT2D eigenvalue weighted by Gasteiger charge is -2.14. The second-order valence-corrected chi connectivity index (χ2v) is 4.88. The Kier molecular flexibility index (Phi) is 4.96. The highest BCUT2D eigenvalue weighted by Gasteiger charge is 2.08. The Morgan fingerprint density at radius 3 is 2.79 bits per heavy atom. The SMILES string of the molecule is Cn1cc(CCNC(CO)CCO)c2ccccc21. The molecule has 4 heteroatoms. The molecule has 0 spiro atoms. The molecule has 1 heterocycles. The number of hydrogen-bond donors (Lipinski definition) is 3. The first-order chi connectivity index (χ1) is 9.26. The van der Waals surface area contributed by atoms with Gasteiger partial charge in [0.15, 0.2) is 0 Å². The van der Waals surface area contributed by atoms with Crippen LogP contribution in [0.2, 0.25) is 0 Å². The molecule has 0 aliphatic heterocycles. The van der Waals surface area contributed by atoms with Crippen LogP contribution >= 0.6 is 0 Å². The number of benzene rings is 1. The highest BCUT2D eigenvalue weighted by atomic mass is 16.3. The molecule has 0 saturated carbocycles. The predicted octanol–water partition coefficient (Wildman–Crippen LogP) is 1.05. The van der Waals surface area contributed by atoms with E-state index in [4.69, 9.17) is 10.2 Å². The van der Waals surface area contributed by atoms with Gasteiger partial charge in [-0.1, -0.05) is 18.2 Å². The Morgan fingerprint density at radius 1 is 1.26 bits per heavy atom. The molecule has 3 N–H and O–H groups in total. The maximum absolute atomic E-state index is 9.15. The molecule has 1 aromatic heterocycles. The molecule has 0 saturated heterocycles. The van der Waals surface area contributed by atoms with E-state index in [1.165, 1.54) is 16.5 Å². The van der Waals surface area contributed by atoms with Crippen LogP contribution in [-0.4, -0.2) is 40.6 Å². The second-order valence-electron chi connectivity index (χ2n) is 4.88. The number of aromatic nitrogens is 1. The lowest BCUT2D eigenvalue weighted by atomic mass is 10.1. The van der Waals surface area contributed by atoms with Gasteiger partial charge in [0.1, 0.15) is 0 Å². The van der Waals surface area contributed by atoms with Gasteiger partial charge in [-0.15, -0.1) is 0 Å². The molecule has 0 radical (unpaired) electrons. The summed E-state index contributed by atoms with van der Waals surface area (Å²) in [4.78, 5) is 0. The first kappa shape index (κ1) is 14.1. The number of aliphatic hydroxyl groups is 2. The average Bonchev–Trinajstić information content (AvgIpc) is 2.75. The fraction of sp³-hybridized carbons (Fsp3) is 0.467. The molecule has 0 fully saturated rings. The Bertz CT molecular complexity index is 522. The molecular weight excluding hydrogens is 240 g/mol. The van der Waals surface area contributed by atoms with Crippen molar-refractivity contribution in [1.82, 2.24) is 9.88 Å². The number of hydrogen-bond acceptors (Lipinski definition) is 3. The topological polar surface area (TPSA) is 57.4 Å². The van der Waals surface area contributed by atoms with Gasteiger partial charge >= 0.3 is 0 Å². The van der Waals surface area contributed by atoms with E-state index in [0.717, 1.165) is 13.0 Å². The molecule has 0 amide bonds. The minimum Gasteiger partial charge on any atom is -0.396 e. The Balaban J connectivity index is 1.98. The zero-order valence-electron chi connectivity index (χ0n) is 11.3. The quantitative estimate of drug-likeness (QED) is 0.699. The number of fused-ring (bicyclic) bond motifs is 1. The predicted molar refractivity (Wildman–Crippen MR) is 77.2 cm³/mol. The van der Waals surface area contributed by atoms with E-state index >= 15 is 0 Å². The van der Waals surface area contributed by atoms with Crippen LogP contribution in [0.3, 0.4) is 0 Å². The maximum atomic E-state index is 9.15. The van der Waals surface area contributed by atoms with Crippen molar-refractivity contribution in [2.45, 2.75) is 18.9 Å². The van der Waals surface area contributed by atoms with Gasteiger partial charge in [-0.25, -0.2) is 0 Å². The van der Waals surface area contributed by atoms with Gasteiger partial charge in [0, 0.05) is 36.8 Å². The Morgan fingerprint density at radius 2 is 2.05 bits per heavy atom. The molecule has 0 aliphatic carbocycles. The summed E-state index contributed by atoms with van der Waals surface area (Å²) in [7, 11) is 2.06. The van der Waals surface area contributed by atoms with Gasteiger partial charge in [0.05, 0.1) is 6.61 Å². The zero-order valence-corrected chi connectivity index (χ0v) is 11.3. The van der Waals surface area contributed by atoms with Gasteiger partial charge in [-0.05, 0) is 31.0 Å². The Labute approximate surface area is 113 Å². The normalized spacial score (nSPS) is 13.0. The van der Waals surface area contributed by atoms with Crippen molar-refractivity contribution >= 4 is 10.9 Å². The van der Waals surface area contributed by atoms with E-state index in [2.05, 4.69) is 41.3 Å². The fourth-order valence-electron chi connectivity index (χ4n) is 2.45. The summed E-state index contributed by atoms with van der Waals surface area (Å²) in [5.41, 5.74) is 2.55. The van der Waals surface area contributed by atoms with Crippen LogP contribution in [0.25, 0.3) is 10.9 Å². The highest BCUT2D eigenvalue weighted by molar-refractivity contribution is 5.83. The van der Waals surface area contributed by atoms with Crippen LogP contribution < -0.4 is 5.32 Å². The molecule has 1 atom stereocenters. The van der Waals surface area contributed by atoms with Crippen molar-refractivity contribution in [2.24, 2.45) is 7.05 Å². The molecule has 1 unspecified atom stereocenters. The standard InChI is InChI=1S/C15H22N2O2/c1-17-10-12(14-4-2-3-5-15(14)17)6-8-16-13(11-19)7-9-18/h2-5,10,13,16,18-19H,6-9,11H2,1H3. The van der Waals surface area contributed by atoms with Crippen LogP contribution in [0.15, 0.2) is 30.5 Å². The lowest BCUT2D eigenvalue weighted by molar-refractivity contribution is 0.201. The first-order valence-electron chi connectivity index (χ1n) is 6.74. The zero-order chi connectivity index (χ0) is 13.7. The molecule has 2 rings (SSSR count). The third-order valence-corrected chi connectivity index (χ3v) is 3.50. The van der Waals surface area contributed by atoms with Crippen molar-refractivity contribution in [2.75, 3.05) is 19.8 Å². The molecule has 19 heavy (non-hydrogen) atoms. The molecule has 104 valence electrons. The molecule has 1 aromatic carbocycles. The second kappa shape index (κ2) is 6.70. The van der Waals surface area contributed by atoms with Gasteiger partial charge in [0.2, 0.25) is 0 Å². The number of aryl methyl sites for hydroxylation is 1. The van der Waals surface area contributed by atoms with E-state index in [-0.39, 0.29) is 19.3 Å². The van der Waals surface area contributed by atoms with Crippen molar-refractivity contribution in [1.29, 1.82) is 0 Å². The third-order valence-electron chi connectivity index (χ3n) is 3.50. The smallest absolute Gasteiger partial charge is 0.0585 e. The van der Waals surface area contributed by atoms with E-state index in [0.29, 0.717) is 6.42 Å². The lowest BCUT2D eigenvalue weighted by Crippen LogP contribution is -2.34. The minimum atomic E-state index is -0.0139. The molecular formula is C15H22N2O2. The van der Waals surface area contributed by atoms with Crippen molar-refractivity contribution in [3.05, 3.63) is 36.0 Å². The summed E-state index contributed by atoms with van der Waals surface area (Å²) in [6.07, 6.45) is 3.67. The van der Waals surface area contributed by atoms with Gasteiger partial charge in [0.25, 0.3) is 0 Å². The largest absolute Gasteiger partial charge is 0.396 e. The molecule has 4 nitrogen and oxygen atoms in total. The Hall–Kier alpha value is -1.36. The van der Waals surface area contributed by atoms with Crippen molar-refractivity contribution in [3.8, 4) is 0 Å². The van der Waals surface area contributed by atoms with Gasteiger partial charge < -0.3 is 20.1 Å². The highest BCUT2D eigenvalue weighted by Crippen LogP contribution is 2.20. The molecule has 2 aromatic rings. The van der Waals surface area contributed by atoms with Crippen LogP contribution in [0.1, 0.15) is 12.0 Å². The van der Waals surface area contributed by atoms with E-state index < -0.39 is 0 Å². The number of nitrogens with zero attached hydrogens (tertiary/aromatic N) is 1. The maximum Gasteiger partial charge on any atom is 0.0585 e. The third kappa shape index (κ3) is 3.35. The summed E-state index contributed by atoms with van der Waals surface area (Å²) >= 11 is 0. The summed E-state index contributed by atoms with van der Waals surface area (Å²) in [6.45, 7) is 0.974. The first-order valence-corrected chi connectivity index (χ1v) is 6.74. The summed E-state index contributed by atoms with van der Waals surface area (Å²) < 4.78 is 2.14. The number of rotatable bonds is 7. The summed E-state index contributed by atoms with van der Waals surface area (Å²) in [5, 5.41) is 22.6. The van der Waals surface area contributed by atoms with Crippen molar-refractivity contribution < 1.29 is 10.2 Å². The van der Waals surface area contributed by atoms with Gasteiger partial charge in [-0.2, -0.15) is 0 Å². The molecule has 0 aliphatic rings. The van der Waals surface area contributed by atoms with E-state index in [1.807, 2.05) is 6.07 Å². The van der Waals surface area contributed by atoms with Crippen LogP contribution in [-0.2, 0) is 13.5 Å². The number of aliphatic hydroxyl groups excluding tert-OH is 2. The monoisotopic (exact) mass is 262 g/mol. The van der Waals surface area contributed by atoms with Crippen LogP contribution in [0.4, 0.5) is 0 Å². The van der Waals surface area contributed by atoms with Crippen molar-refractivity contribution in [3.63, 3.8) is 0 Å². The minimum absolute atomic E-state index is 0.0139.